The highest BCUT2D eigenvalue weighted by molar-refractivity contribution is 5.42. The fraction of sp³-hybridized carbons (Fsp3) is 0.643. The van der Waals surface area contributed by atoms with Gasteiger partial charge in [0.15, 0.2) is 11.5 Å². The van der Waals surface area contributed by atoms with Crippen LogP contribution in [0, 0.1) is 0 Å². The SMILES string of the molecule is CCC(C)(CC)NCc1nccc(OC)c1OC. The summed E-state index contributed by atoms with van der Waals surface area (Å²) in [5.74, 6) is 1.43. The van der Waals surface area contributed by atoms with Gasteiger partial charge >= 0.3 is 0 Å². The normalized spacial score (nSPS) is 11.4. The van der Waals surface area contributed by atoms with E-state index in [0.717, 1.165) is 24.3 Å². The van der Waals surface area contributed by atoms with Gasteiger partial charge in [0.1, 0.15) is 0 Å². The van der Waals surface area contributed by atoms with Gasteiger partial charge in [-0.25, -0.2) is 0 Å². The molecule has 0 saturated heterocycles. The number of rotatable bonds is 7. The maximum absolute atomic E-state index is 5.37. The van der Waals surface area contributed by atoms with E-state index in [4.69, 9.17) is 9.47 Å². The quantitative estimate of drug-likeness (QED) is 0.810. The number of hydrogen-bond acceptors (Lipinski definition) is 4. The average molecular weight is 252 g/mol. The molecule has 0 atom stereocenters. The maximum Gasteiger partial charge on any atom is 0.183 e. The van der Waals surface area contributed by atoms with Crippen molar-refractivity contribution in [1.29, 1.82) is 0 Å². The predicted octanol–water partition coefficient (Wildman–Crippen LogP) is 2.77. The second-order valence-corrected chi connectivity index (χ2v) is 4.61. The van der Waals surface area contributed by atoms with E-state index in [-0.39, 0.29) is 5.54 Å². The first-order valence-electron chi connectivity index (χ1n) is 6.41. The van der Waals surface area contributed by atoms with Crippen molar-refractivity contribution in [2.24, 2.45) is 0 Å². The second kappa shape index (κ2) is 6.59. The molecule has 1 aromatic heterocycles. The van der Waals surface area contributed by atoms with Crippen LogP contribution in [0.5, 0.6) is 11.5 Å². The highest BCUT2D eigenvalue weighted by Gasteiger charge is 2.20. The van der Waals surface area contributed by atoms with Gasteiger partial charge in [0.2, 0.25) is 0 Å². The zero-order valence-corrected chi connectivity index (χ0v) is 12.0. The van der Waals surface area contributed by atoms with E-state index in [9.17, 15) is 0 Å². The van der Waals surface area contributed by atoms with Crippen LogP contribution in [0.25, 0.3) is 0 Å². The number of pyridine rings is 1. The lowest BCUT2D eigenvalue weighted by atomic mass is 9.95. The van der Waals surface area contributed by atoms with E-state index in [1.165, 1.54) is 0 Å². The third kappa shape index (κ3) is 3.35. The second-order valence-electron chi connectivity index (χ2n) is 4.61. The Morgan fingerprint density at radius 2 is 1.89 bits per heavy atom. The lowest BCUT2D eigenvalue weighted by molar-refractivity contribution is 0.316. The van der Waals surface area contributed by atoms with E-state index in [0.29, 0.717) is 12.3 Å². The standard InChI is InChI=1S/C14H24N2O2/c1-6-14(3,7-2)16-10-11-13(18-5)12(17-4)8-9-15-11/h8-9,16H,6-7,10H2,1-5H3. The van der Waals surface area contributed by atoms with Crippen molar-refractivity contribution < 1.29 is 9.47 Å². The number of ether oxygens (including phenoxy) is 2. The maximum atomic E-state index is 5.37. The summed E-state index contributed by atoms with van der Waals surface area (Å²) in [6, 6.07) is 1.81. The van der Waals surface area contributed by atoms with Gasteiger partial charge in [-0.1, -0.05) is 13.8 Å². The monoisotopic (exact) mass is 252 g/mol. The molecule has 1 heterocycles. The minimum Gasteiger partial charge on any atom is -0.493 e. The zero-order valence-electron chi connectivity index (χ0n) is 12.0. The summed E-state index contributed by atoms with van der Waals surface area (Å²) in [5, 5.41) is 3.54. The molecule has 1 aromatic rings. The molecule has 0 radical (unpaired) electrons. The Labute approximate surface area is 110 Å². The van der Waals surface area contributed by atoms with Crippen LogP contribution >= 0.6 is 0 Å². The van der Waals surface area contributed by atoms with E-state index >= 15 is 0 Å². The molecular formula is C14H24N2O2. The Bertz CT molecular complexity index is 376. The molecule has 0 bridgehead atoms. The van der Waals surface area contributed by atoms with Crippen LogP contribution in [-0.2, 0) is 6.54 Å². The highest BCUT2D eigenvalue weighted by Crippen LogP contribution is 2.29. The van der Waals surface area contributed by atoms with Gasteiger partial charge in [-0.15, -0.1) is 0 Å². The van der Waals surface area contributed by atoms with Crippen molar-refractivity contribution in [2.45, 2.75) is 45.7 Å². The van der Waals surface area contributed by atoms with E-state index in [2.05, 4.69) is 31.1 Å². The molecule has 0 amide bonds. The molecular weight excluding hydrogens is 228 g/mol. The number of nitrogens with zero attached hydrogens (tertiary/aromatic N) is 1. The van der Waals surface area contributed by atoms with Gasteiger partial charge in [-0.2, -0.15) is 0 Å². The largest absolute Gasteiger partial charge is 0.493 e. The summed E-state index contributed by atoms with van der Waals surface area (Å²) in [6.45, 7) is 7.28. The molecule has 102 valence electrons. The Morgan fingerprint density at radius 1 is 1.22 bits per heavy atom. The molecule has 4 heteroatoms. The number of aromatic nitrogens is 1. The van der Waals surface area contributed by atoms with Crippen molar-refractivity contribution in [3.63, 3.8) is 0 Å². The average Bonchev–Trinajstić information content (AvgIpc) is 2.44. The van der Waals surface area contributed by atoms with Crippen LogP contribution < -0.4 is 14.8 Å². The molecule has 1 N–H and O–H groups in total. The first kappa shape index (κ1) is 14.8. The van der Waals surface area contributed by atoms with Crippen molar-refractivity contribution in [3.05, 3.63) is 18.0 Å². The lowest BCUT2D eigenvalue weighted by Crippen LogP contribution is -2.40. The van der Waals surface area contributed by atoms with E-state index in [1.54, 1.807) is 26.5 Å². The Balaban J connectivity index is 2.84. The van der Waals surface area contributed by atoms with Crippen LogP contribution in [-0.4, -0.2) is 24.7 Å². The minimum atomic E-state index is 0.135. The molecule has 1 rings (SSSR count). The van der Waals surface area contributed by atoms with Gasteiger partial charge < -0.3 is 14.8 Å². The predicted molar refractivity (Wildman–Crippen MR) is 73.2 cm³/mol. The molecule has 0 spiro atoms. The van der Waals surface area contributed by atoms with Crippen LogP contribution in [0.1, 0.15) is 39.3 Å². The molecule has 0 aliphatic carbocycles. The lowest BCUT2D eigenvalue weighted by Gasteiger charge is -2.28. The highest BCUT2D eigenvalue weighted by atomic mass is 16.5. The summed E-state index contributed by atoms with van der Waals surface area (Å²) in [4.78, 5) is 4.36. The molecule has 0 aromatic carbocycles. The summed E-state index contributed by atoms with van der Waals surface area (Å²) < 4.78 is 10.6. The fourth-order valence-electron chi connectivity index (χ4n) is 1.77. The third-order valence-corrected chi connectivity index (χ3v) is 3.61. The van der Waals surface area contributed by atoms with Gasteiger partial charge in [0, 0.05) is 24.3 Å². The zero-order chi connectivity index (χ0) is 13.6. The van der Waals surface area contributed by atoms with Gasteiger partial charge in [-0.05, 0) is 19.8 Å². The molecule has 0 saturated carbocycles. The Kier molecular flexibility index (Phi) is 5.41. The number of hydrogen-bond donors (Lipinski definition) is 1. The summed E-state index contributed by atoms with van der Waals surface area (Å²) in [7, 11) is 3.28. The molecule has 0 aliphatic rings. The van der Waals surface area contributed by atoms with Crippen LogP contribution in [0.2, 0.25) is 0 Å². The first-order valence-corrected chi connectivity index (χ1v) is 6.41. The van der Waals surface area contributed by atoms with Crippen LogP contribution in [0.4, 0.5) is 0 Å². The van der Waals surface area contributed by atoms with Gasteiger partial charge in [-0.3, -0.25) is 4.98 Å². The summed E-state index contributed by atoms with van der Waals surface area (Å²) in [6.07, 6.45) is 3.90. The van der Waals surface area contributed by atoms with Gasteiger partial charge in [0.05, 0.1) is 19.9 Å². The smallest absolute Gasteiger partial charge is 0.183 e. The third-order valence-electron chi connectivity index (χ3n) is 3.61. The van der Waals surface area contributed by atoms with Crippen molar-refractivity contribution in [3.8, 4) is 11.5 Å². The van der Waals surface area contributed by atoms with E-state index in [1.807, 2.05) is 0 Å². The van der Waals surface area contributed by atoms with Crippen molar-refractivity contribution >= 4 is 0 Å². The Morgan fingerprint density at radius 3 is 2.39 bits per heavy atom. The molecule has 4 nitrogen and oxygen atoms in total. The molecule has 0 aliphatic heterocycles. The van der Waals surface area contributed by atoms with Crippen LogP contribution in [0.3, 0.4) is 0 Å². The summed E-state index contributed by atoms with van der Waals surface area (Å²) in [5.41, 5.74) is 1.01. The summed E-state index contributed by atoms with van der Waals surface area (Å²) >= 11 is 0. The number of methoxy groups -OCH3 is 2. The van der Waals surface area contributed by atoms with Crippen LogP contribution in [0.15, 0.2) is 12.3 Å². The Hall–Kier alpha value is -1.29. The van der Waals surface area contributed by atoms with Crippen molar-refractivity contribution in [1.82, 2.24) is 10.3 Å². The molecule has 0 fully saturated rings. The van der Waals surface area contributed by atoms with Crippen molar-refractivity contribution in [2.75, 3.05) is 14.2 Å². The molecule has 18 heavy (non-hydrogen) atoms. The first-order chi connectivity index (χ1) is 8.60. The van der Waals surface area contributed by atoms with E-state index < -0.39 is 0 Å². The minimum absolute atomic E-state index is 0.135. The fourth-order valence-corrected chi connectivity index (χ4v) is 1.77. The number of nitrogens with one attached hydrogen (secondary N) is 1. The molecule has 0 unspecified atom stereocenters. The van der Waals surface area contributed by atoms with Gasteiger partial charge in [0.25, 0.3) is 0 Å². The topological polar surface area (TPSA) is 43.4 Å².